The van der Waals surface area contributed by atoms with Crippen molar-refractivity contribution in [1.82, 2.24) is 20.5 Å². The molecule has 0 saturated heterocycles. The molecule has 32 heavy (non-hydrogen) atoms. The van der Waals surface area contributed by atoms with Gasteiger partial charge >= 0.3 is 0 Å². The molecule has 0 unspecified atom stereocenters. The van der Waals surface area contributed by atoms with E-state index in [0.29, 0.717) is 29.3 Å². The van der Waals surface area contributed by atoms with Crippen molar-refractivity contribution in [2.45, 2.75) is 70.6 Å². The van der Waals surface area contributed by atoms with Crippen LogP contribution in [0.25, 0.3) is 0 Å². The molecule has 0 bridgehead atoms. The van der Waals surface area contributed by atoms with E-state index in [2.05, 4.69) is 20.6 Å². The fraction of sp³-hybridized carbons (Fsp3) is 0.619. The fourth-order valence-electron chi connectivity index (χ4n) is 3.31. The Morgan fingerprint density at radius 3 is 2.62 bits per heavy atom. The number of thiazole rings is 1. The second-order valence-electron chi connectivity index (χ2n) is 7.34. The second-order valence-corrected chi connectivity index (χ2v) is 9.30. The van der Waals surface area contributed by atoms with Gasteiger partial charge in [-0.15, -0.1) is 16.3 Å². The van der Waals surface area contributed by atoms with Crippen LogP contribution in [-0.2, 0) is 15.3 Å². The summed E-state index contributed by atoms with van der Waals surface area (Å²) in [6, 6.07) is 0.374. The quantitative estimate of drug-likeness (QED) is 0.215. The summed E-state index contributed by atoms with van der Waals surface area (Å²) in [4.78, 5) is 33.4. The number of hydrogen-bond acceptors (Lipinski definition) is 8. The highest BCUT2D eigenvalue weighted by Gasteiger charge is 2.26. The highest BCUT2D eigenvalue weighted by Crippen LogP contribution is 2.19. The van der Waals surface area contributed by atoms with Gasteiger partial charge in [-0.1, -0.05) is 33.1 Å². The average molecular weight is 478 g/mol. The van der Waals surface area contributed by atoms with Crippen molar-refractivity contribution < 1.29 is 9.59 Å². The zero-order valence-corrected chi connectivity index (χ0v) is 20.3. The molecule has 1 aliphatic rings. The molecule has 0 spiro atoms. The normalized spacial score (nSPS) is 14.5. The lowest BCUT2D eigenvalue weighted by Crippen LogP contribution is -2.44. The van der Waals surface area contributed by atoms with Crippen molar-refractivity contribution in [3.05, 3.63) is 16.1 Å². The van der Waals surface area contributed by atoms with E-state index in [1.54, 1.807) is 25.6 Å². The summed E-state index contributed by atoms with van der Waals surface area (Å²) < 4.78 is 0. The Morgan fingerprint density at radius 2 is 2.00 bits per heavy atom. The number of thioether (sulfide) groups is 1. The SMILES string of the molecule is CCC(=O)N(C(=N)c1nc(CSCCN/C(=N/C#N)NC2CCCCC2)cs1)C(=O)CC. The van der Waals surface area contributed by atoms with Crippen LogP contribution in [-0.4, -0.2) is 51.8 Å². The Labute approximate surface area is 197 Å². The molecule has 11 heteroatoms. The van der Waals surface area contributed by atoms with E-state index in [9.17, 15) is 9.59 Å². The van der Waals surface area contributed by atoms with Crippen LogP contribution < -0.4 is 10.6 Å². The van der Waals surface area contributed by atoms with Gasteiger partial charge in [-0.25, -0.2) is 9.88 Å². The molecular formula is C21H31N7O2S2. The number of aromatic nitrogens is 1. The van der Waals surface area contributed by atoms with Crippen molar-refractivity contribution >= 4 is 46.7 Å². The molecule has 9 nitrogen and oxygen atoms in total. The van der Waals surface area contributed by atoms with E-state index in [1.165, 1.54) is 30.6 Å². The molecule has 0 atom stereocenters. The van der Waals surface area contributed by atoms with Crippen molar-refractivity contribution in [2.24, 2.45) is 4.99 Å². The summed E-state index contributed by atoms with van der Waals surface area (Å²) in [5, 5.41) is 25.9. The zero-order chi connectivity index (χ0) is 23.3. The number of rotatable bonds is 9. The van der Waals surface area contributed by atoms with Crippen molar-refractivity contribution in [3.63, 3.8) is 0 Å². The summed E-state index contributed by atoms with van der Waals surface area (Å²) in [5.74, 6) is 1.03. The summed E-state index contributed by atoms with van der Waals surface area (Å²) >= 11 is 2.93. The van der Waals surface area contributed by atoms with E-state index in [0.717, 1.165) is 29.2 Å². The minimum absolute atomic E-state index is 0.155. The van der Waals surface area contributed by atoms with Crippen LogP contribution >= 0.6 is 23.1 Å². The Kier molecular flexibility index (Phi) is 11.2. The third-order valence-electron chi connectivity index (χ3n) is 4.98. The average Bonchev–Trinajstić information content (AvgIpc) is 3.28. The van der Waals surface area contributed by atoms with Crippen LogP contribution in [0.5, 0.6) is 0 Å². The predicted molar refractivity (Wildman–Crippen MR) is 129 cm³/mol. The molecule has 1 aliphatic carbocycles. The number of amidine groups is 1. The lowest BCUT2D eigenvalue weighted by Gasteiger charge is -2.24. The number of nitrogens with one attached hydrogen (secondary N) is 3. The number of amides is 2. The van der Waals surface area contributed by atoms with E-state index in [1.807, 2.05) is 11.6 Å². The number of guanidine groups is 1. The van der Waals surface area contributed by atoms with Crippen LogP contribution in [0.3, 0.4) is 0 Å². The summed E-state index contributed by atoms with van der Waals surface area (Å²) in [6.07, 6.45) is 8.05. The molecule has 1 fully saturated rings. The first-order valence-corrected chi connectivity index (χ1v) is 13.0. The van der Waals surface area contributed by atoms with Gasteiger partial charge in [0.2, 0.25) is 24.0 Å². The highest BCUT2D eigenvalue weighted by atomic mass is 32.2. The van der Waals surface area contributed by atoms with Gasteiger partial charge in [0.05, 0.1) is 5.69 Å². The zero-order valence-electron chi connectivity index (χ0n) is 18.6. The molecule has 0 aliphatic heterocycles. The minimum Gasteiger partial charge on any atom is -0.355 e. The third-order valence-corrected chi connectivity index (χ3v) is 6.87. The molecular weight excluding hydrogens is 446 g/mol. The Morgan fingerprint density at radius 1 is 1.31 bits per heavy atom. The number of nitriles is 1. The van der Waals surface area contributed by atoms with Gasteiger partial charge < -0.3 is 10.6 Å². The maximum absolute atomic E-state index is 12.1. The van der Waals surface area contributed by atoms with Gasteiger partial charge in [0, 0.05) is 42.3 Å². The van der Waals surface area contributed by atoms with E-state index >= 15 is 0 Å². The van der Waals surface area contributed by atoms with Crippen LogP contribution in [0.15, 0.2) is 10.4 Å². The van der Waals surface area contributed by atoms with Crippen molar-refractivity contribution in [3.8, 4) is 6.19 Å². The van der Waals surface area contributed by atoms with E-state index in [4.69, 9.17) is 10.7 Å². The molecule has 2 rings (SSSR count). The molecule has 174 valence electrons. The van der Waals surface area contributed by atoms with Crippen LogP contribution in [0.2, 0.25) is 0 Å². The number of hydrogen-bond donors (Lipinski definition) is 3. The summed E-state index contributed by atoms with van der Waals surface area (Å²) in [7, 11) is 0. The summed E-state index contributed by atoms with van der Waals surface area (Å²) in [5.41, 5.74) is 0.804. The van der Waals surface area contributed by atoms with Gasteiger partial charge in [-0.2, -0.15) is 17.0 Å². The number of imide groups is 1. The van der Waals surface area contributed by atoms with Gasteiger partial charge in [0.15, 0.2) is 10.8 Å². The first-order valence-electron chi connectivity index (χ1n) is 10.9. The molecule has 0 radical (unpaired) electrons. The molecule has 3 N–H and O–H groups in total. The van der Waals surface area contributed by atoms with Crippen LogP contribution in [0, 0.1) is 16.9 Å². The van der Waals surface area contributed by atoms with Crippen LogP contribution in [0.1, 0.15) is 69.5 Å². The molecule has 1 aromatic rings. The maximum Gasteiger partial charge on any atom is 0.234 e. The summed E-state index contributed by atoms with van der Waals surface area (Å²) in [6.45, 7) is 3.99. The van der Waals surface area contributed by atoms with Gasteiger partial charge in [0.25, 0.3) is 0 Å². The lowest BCUT2D eigenvalue weighted by atomic mass is 9.96. The number of carbonyl (C=O) groups is 2. The van der Waals surface area contributed by atoms with Gasteiger partial charge in [-0.3, -0.25) is 15.0 Å². The standard InChI is InChI=1S/C21H31N7O2S2/c1-3-17(29)28(18(30)4-2)19(23)20-26-16(13-32-20)12-31-11-10-24-21(25-14-22)27-15-8-6-5-7-9-15/h13,15,23H,3-12H2,1-2H3,(H2,24,25,27). The van der Waals surface area contributed by atoms with E-state index in [-0.39, 0.29) is 18.7 Å². The molecule has 1 aromatic heterocycles. The fourth-order valence-corrected chi connectivity index (χ4v) is 4.92. The number of nitrogens with zero attached hydrogens (tertiary/aromatic N) is 4. The molecule has 2 amide bonds. The van der Waals surface area contributed by atoms with Crippen LogP contribution in [0.4, 0.5) is 0 Å². The Balaban J connectivity index is 1.79. The molecule has 0 aromatic carbocycles. The topological polar surface area (TPSA) is 134 Å². The minimum atomic E-state index is -0.393. The molecule has 1 saturated carbocycles. The van der Waals surface area contributed by atoms with Gasteiger partial charge in [0.1, 0.15) is 0 Å². The maximum atomic E-state index is 12.1. The Hall–Kier alpha value is -2.45. The van der Waals surface area contributed by atoms with Crippen molar-refractivity contribution in [2.75, 3.05) is 12.3 Å². The first-order chi connectivity index (χ1) is 15.5. The van der Waals surface area contributed by atoms with Gasteiger partial charge in [-0.05, 0) is 12.8 Å². The second kappa shape index (κ2) is 13.9. The first kappa shape index (κ1) is 25.8. The number of aliphatic imine (C=N–C) groups is 1. The third kappa shape index (κ3) is 7.91. The monoisotopic (exact) mass is 477 g/mol. The van der Waals surface area contributed by atoms with Crippen molar-refractivity contribution in [1.29, 1.82) is 10.7 Å². The lowest BCUT2D eigenvalue weighted by molar-refractivity contribution is -0.139. The highest BCUT2D eigenvalue weighted by molar-refractivity contribution is 7.98. The number of carbonyl (C=O) groups excluding carboxylic acids is 2. The largest absolute Gasteiger partial charge is 0.355 e. The smallest absolute Gasteiger partial charge is 0.234 e. The predicted octanol–water partition coefficient (Wildman–Crippen LogP) is 3.23. The van der Waals surface area contributed by atoms with E-state index < -0.39 is 11.8 Å². The Bertz CT molecular complexity index is 841. The molecule has 1 heterocycles.